The zero-order valence-corrected chi connectivity index (χ0v) is 28.5. The number of unbranched alkanes of at least 4 members (excludes halogenated alkanes) is 1. The number of azo groups is 1. The zero-order valence-electron chi connectivity index (χ0n) is 24.9. The van der Waals surface area contributed by atoms with Crippen LogP contribution in [0.3, 0.4) is 0 Å². The summed E-state index contributed by atoms with van der Waals surface area (Å²) in [6, 6.07) is 6.84. The third-order valence-corrected chi connectivity index (χ3v) is 9.16. The minimum absolute atomic E-state index is 0. The van der Waals surface area contributed by atoms with E-state index in [4.69, 9.17) is 0 Å². The first-order valence-corrected chi connectivity index (χ1v) is 16.7. The maximum absolute atomic E-state index is 12.2. The molecule has 0 aliphatic carbocycles. The predicted octanol–water partition coefficient (Wildman–Crippen LogP) is 0.941. The van der Waals surface area contributed by atoms with E-state index in [1.54, 1.807) is 18.2 Å². The molecular weight excluding hydrogens is 593 g/mol. The van der Waals surface area contributed by atoms with Crippen LogP contribution in [0.15, 0.2) is 28.4 Å². The molecule has 1 aromatic heterocycles. The van der Waals surface area contributed by atoms with Crippen LogP contribution in [-0.4, -0.2) is 67.4 Å². The minimum atomic E-state index is -4.27. The Hall–Kier alpha value is -2.35. The second-order valence-electron chi connectivity index (χ2n) is 11.0. The van der Waals surface area contributed by atoms with Crippen LogP contribution in [0.1, 0.15) is 71.2 Å². The molecule has 224 valence electrons. The second kappa shape index (κ2) is 14.4. The van der Waals surface area contributed by atoms with Crippen LogP contribution in [0.2, 0.25) is 0 Å². The van der Waals surface area contributed by atoms with Crippen LogP contribution < -0.4 is 39.8 Å². The average molecular weight is 630 g/mol. The van der Waals surface area contributed by atoms with Crippen molar-refractivity contribution in [2.24, 2.45) is 10.2 Å². The molecule has 1 fully saturated rings. The molecule has 3 rings (SSSR count). The third kappa shape index (κ3) is 9.58. The number of carbonyl (C=O) groups is 1. The fourth-order valence-corrected chi connectivity index (χ4v) is 6.87. The summed E-state index contributed by atoms with van der Waals surface area (Å²) < 4.78 is 58.6. The Kier molecular flexibility index (Phi) is 12.3. The van der Waals surface area contributed by atoms with Crippen molar-refractivity contribution in [3.05, 3.63) is 29.5 Å². The molecule has 1 saturated heterocycles. The molecule has 1 aliphatic rings. The number of nitriles is 1. The van der Waals surface area contributed by atoms with Crippen molar-refractivity contribution < 1.29 is 55.7 Å². The number of hydrogen-bond acceptors (Lipinski definition) is 11. The van der Waals surface area contributed by atoms with Gasteiger partial charge >= 0.3 is 29.6 Å². The number of benzene rings is 1. The van der Waals surface area contributed by atoms with E-state index >= 15 is 0 Å². The normalized spacial score (nSPS) is 16.6. The molecule has 1 atom stereocenters. The Morgan fingerprint density at radius 2 is 1.98 bits per heavy atom. The van der Waals surface area contributed by atoms with E-state index in [0.717, 1.165) is 5.69 Å². The monoisotopic (exact) mass is 629 g/mol. The van der Waals surface area contributed by atoms with Gasteiger partial charge in [-0.05, 0) is 44.4 Å². The molecule has 13 nitrogen and oxygen atoms in total. The number of aromatic nitrogens is 2. The van der Waals surface area contributed by atoms with E-state index in [1.807, 2.05) is 32.6 Å². The van der Waals surface area contributed by atoms with Crippen molar-refractivity contribution in [3.8, 4) is 6.07 Å². The Labute approximate surface area is 269 Å². The molecule has 42 heavy (non-hydrogen) atoms. The van der Waals surface area contributed by atoms with Crippen LogP contribution in [0.5, 0.6) is 0 Å². The van der Waals surface area contributed by atoms with E-state index in [0.29, 0.717) is 43.0 Å². The molecule has 0 spiro atoms. The van der Waals surface area contributed by atoms with Gasteiger partial charge in [0.15, 0.2) is 15.7 Å². The van der Waals surface area contributed by atoms with Gasteiger partial charge in [0.25, 0.3) is 0 Å². The molecule has 2 heterocycles. The maximum Gasteiger partial charge on any atom is 1.00 e. The fourth-order valence-electron chi connectivity index (χ4n) is 4.62. The number of carbonyl (C=O) groups excluding carboxylic acids is 1. The largest absolute Gasteiger partial charge is 1.00 e. The van der Waals surface area contributed by atoms with E-state index in [9.17, 15) is 31.4 Å². The molecule has 0 saturated carbocycles. The molecule has 1 unspecified atom stereocenters. The molecular formula is C26H36N7NaO6S2. The van der Waals surface area contributed by atoms with E-state index in [-0.39, 0.29) is 64.8 Å². The Morgan fingerprint density at radius 3 is 2.50 bits per heavy atom. The van der Waals surface area contributed by atoms with E-state index < -0.39 is 37.2 Å². The summed E-state index contributed by atoms with van der Waals surface area (Å²) in [6.07, 6.45) is 1.07. The van der Waals surface area contributed by atoms with Gasteiger partial charge in [0.2, 0.25) is 5.91 Å². The van der Waals surface area contributed by atoms with Crippen molar-refractivity contribution in [2.45, 2.75) is 65.3 Å². The molecule has 1 aliphatic heterocycles. The van der Waals surface area contributed by atoms with Gasteiger partial charge in [0, 0.05) is 36.9 Å². The van der Waals surface area contributed by atoms with Gasteiger partial charge in [-0.15, -0.1) is 10.2 Å². The number of anilines is 2. The van der Waals surface area contributed by atoms with Crippen molar-refractivity contribution >= 4 is 48.7 Å². The topological polar surface area (TPSA) is 190 Å². The maximum atomic E-state index is 12.2. The summed E-state index contributed by atoms with van der Waals surface area (Å²) in [5, 5.41) is 26.1. The number of nitrogens with one attached hydrogen (secondary N) is 1. The average Bonchev–Trinajstić information content (AvgIpc) is 3.41. The molecule has 16 heteroatoms. The summed E-state index contributed by atoms with van der Waals surface area (Å²) >= 11 is 0. The standard InChI is InChI=1S/C26H37N7O6S2.Na/c1-6-32(12-7-8-13-41(37,38)39)19-9-10-22(23(15-19)28-18(2)34)29-30-25-21(16-27)24(26(3,4)5)31-33(25)20-11-14-40(35,36)17-20;/h9-10,15,20H,6-8,11-14,17H2,1-5H3,(H,28,34)(H,37,38,39);/q;+1/p-1. The SMILES string of the molecule is CCN(CCCCS(=O)(=O)[O-])c1ccc(N=Nc2c(C#N)c(C(C)(C)C)nn2C2CCS(=O)(=O)C2)c(NC(C)=O)c1.[Na+]. The number of sulfone groups is 1. The number of nitrogens with zero attached hydrogens (tertiary/aromatic N) is 6. The Bertz CT molecular complexity index is 1570. The Morgan fingerprint density at radius 1 is 1.29 bits per heavy atom. The zero-order chi connectivity index (χ0) is 30.6. The minimum Gasteiger partial charge on any atom is -0.748 e. The number of hydrogen-bond donors (Lipinski definition) is 1. The van der Waals surface area contributed by atoms with Crippen LogP contribution in [0.25, 0.3) is 0 Å². The van der Waals surface area contributed by atoms with Gasteiger partial charge < -0.3 is 14.8 Å². The van der Waals surface area contributed by atoms with E-state index in [2.05, 4.69) is 26.7 Å². The first-order chi connectivity index (χ1) is 19.0. The van der Waals surface area contributed by atoms with Crippen LogP contribution >= 0.6 is 0 Å². The smallest absolute Gasteiger partial charge is 0.748 e. The number of rotatable bonds is 11. The van der Waals surface area contributed by atoms with Gasteiger partial charge in [0.05, 0.1) is 39.0 Å². The van der Waals surface area contributed by atoms with Crippen LogP contribution in [0, 0.1) is 11.3 Å². The predicted molar refractivity (Wildman–Crippen MR) is 155 cm³/mol. The second-order valence-corrected chi connectivity index (χ2v) is 14.8. The summed E-state index contributed by atoms with van der Waals surface area (Å²) in [7, 11) is -7.51. The van der Waals surface area contributed by atoms with Gasteiger partial charge in [0.1, 0.15) is 17.3 Å². The van der Waals surface area contributed by atoms with Crippen molar-refractivity contribution in [1.82, 2.24) is 9.78 Å². The molecule has 1 amide bonds. The summed E-state index contributed by atoms with van der Waals surface area (Å²) in [5.41, 5.74) is 1.60. The molecule has 1 aromatic carbocycles. The van der Waals surface area contributed by atoms with Gasteiger partial charge in [-0.2, -0.15) is 10.4 Å². The molecule has 2 aromatic rings. The van der Waals surface area contributed by atoms with E-state index in [1.165, 1.54) is 11.6 Å². The molecule has 1 N–H and O–H groups in total. The summed E-state index contributed by atoms with van der Waals surface area (Å²) in [6.45, 7) is 10.1. The van der Waals surface area contributed by atoms with Gasteiger partial charge in [-0.3, -0.25) is 4.79 Å². The van der Waals surface area contributed by atoms with Crippen LogP contribution in [0.4, 0.5) is 22.9 Å². The fraction of sp³-hybridized carbons (Fsp3) is 0.577. The van der Waals surface area contributed by atoms with Gasteiger partial charge in [-0.25, -0.2) is 21.5 Å². The summed E-state index contributed by atoms with van der Waals surface area (Å²) in [4.78, 5) is 14.0. The molecule has 0 radical (unpaired) electrons. The quantitative estimate of drug-likeness (QED) is 0.163. The number of amides is 1. The Balaban J connectivity index is 0.00000616. The third-order valence-electron chi connectivity index (χ3n) is 6.62. The first kappa shape index (κ1) is 35.8. The van der Waals surface area contributed by atoms with Crippen molar-refractivity contribution in [1.29, 1.82) is 5.26 Å². The summed E-state index contributed by atoms with van der Waals surface area (Å²) in [5.74, 6) is -0.690. The van der Waals surface area contributed by atoms with Gasteiger partial charge in [-0.1, -0.05) is 20.8 Å². The van der Waals surface area contributed by atoms with Crippen molar-refractivity contribution in [2.75, 3.05) is 40.6 Å². The molecule has 0 bridgehead atoms. The van der Waals surface area contributed by atoms with Crippen LogP contribution in [-0.2, 0) is 30.2 Å². The first-order valence-electron chi connectivity index (χ1n) is 13.3. The van der Waals surface area contributed by atoms with Crippen molar-refractivity contribution in [3.63, 3.8) is 0 Å².